The molecule has 5 nitrogen and oxygen atoms in total. The molecule has 0 amide bonds. The van der Waals surface area contributed by atoms with Crippen molar-refractivity contribution in [2.45, 2.75) is 32.8 Å². The molecular weight excluding hydrogens is 240 g/mol. The molecule has 0 aromatic carbocycles. The van der Waals surface area contributed by atoms with Crippen LogP contribution in [-0.4, -0.2) is 30.7 Å². The van der Waals surface area contributed by atoms with Gasteiger partial charge in [-0.05, 0) is 24.7 Å². The highest BCUT2D eigenvalue weighted by Crippen LogP contribution is 2.30. The maximum absolute atomic E-state index is 5.09. The van der Waals surface area contributed by atoms with Crippen molar-refractivity contribution in [2.24, 2.45) is 11.8 Å². The van der Waals surface area contributed by atoms with Crippen molar-refractivity contribution in [3.05, 3.63) is 11.9 Å². The second-order valence-corrected chi connectivity index (χ2v) is 5.40. The first-order chi connectivity index (χ1) is 9.21. The van der Waals surface area contributed by atoms with Gasteiger partial charge in [0, 0.05) is 26.8 Å². The number of methoxy groups -OCH3 is 1. The third-order valence-electron chi connectivity index (χ3n) is 3.68. The lowest BCUT2D eigenvalue weighted by molar-refractivity contribution is 0.178. The van der Waals surface area contributed by atoms with Crippen LogP contribution in [-0.2, 0) is 11.3 Å². The highest BCUT2D eigenvalue weighted by molar-refractivity contribution is 5.47. The molecule has 1 aromatic rings. The molecule has 1 aromatic heterocycles. The molecular formula is C14H24N4O. The Balaban J connectivity index is 1.96. The number of ether oxygens (including phenoxy) is 1. The van der Waals surface area contributed by atoms with E-state index in [0.717, 1.165) is 30.0 Å². The van der Waals surface area contributed by atoms with Crippen molar-refractivity contribution in [3.8, 4) is 0 Å². The van der Waals surface area contributed by atoms with Crippen LogP contribution < -0.4 is 10.6 Å². The Kier molecular flexibility index (Phi) is 4.96. The Morgan fingerprint density at radius 3 is 2.74 bits per heavy atom. The number of nitrogens with one attached hydrogen (secondary N) is 2. The minimum absolute atomic E-state index is 0.435. The zero-order valence-corrected chi connectivity index (χ0v) is 12.1. The Bertz CT molecular complexity index is 410. The molecule has 106 valence electrons. The summed E-state index contributed by atoms with van der Waals surface area (Å²) >= 11 is 0. The molecule has 0 bridgehead atoms. The highest BCUT2D eigenvalue weighted by atomic mass is 16.5. The van der Waals surface area contributed by atoms with Gasteiger partial charge in [-0.2, -0.15) is 0 Å². The van der Waals surface area contributed by atoms with Crippen LogP contribution in [0.5, 0.6) is 0 Å². The average Bonchev–Trinajstić information content (AvgIpc) is 2.82. The molecule has 2 atom stereocenters. The van der Waals surface area contributed by atoms with Gasteiger partial charge in [-0.25, -0.2) is 9.97 Å². The Hall–Kier alpha value is -1.36. The predicted octanol–water partition coefficient (Wildman–Crippen LogP) is 2.51. The zero-order valence-electron chi connectivity index (χ0n) is 12.1. The molecule has 1 heterocycles. The summed E-state index contributed by atoms with van der Waals surface area (Å²) < 4.78 is 5.09. The van der Waals surface area contributed by atoms with Crippen LogP contribution in [0.4, 0.5) is 11.6 Å². The molecule has 0 spiro atoms. The second-order valence-electron chi connectivity index (χ2n) is 5.40. The lowest BCUT2D eigenvalue weighted by atomic mass is 10.1. The van der Waals surface area contributed by atoms with Crippen molar-refractivity contribution in [1.29, 1.82) is 0 Å². The van der Waals surface area contributed by atoms with E-state index in [9.17, 15) is 0 Å². The summed E-state index contributed by atoms with van der Waals surface area (Å²) in [6, 6.07) is 1.94. The number of nitrogens with zero attached hydrogens (tertiary/aromatic N) is 2. The molecule has 1 aliphatic carbocycles. The van der Waals surface area contributed by atoms with E-state index in [2.05, 4.69) is 27.5 Å². The van der Waals surface area contributed by atoms with E-state index in [-0.39, 0.29) is 0 Å². The first kappa shape index (κ1) is 14.1. The third-order valence-corrected chi connectivity index (χ3v) is 3.68. The normalized spacial score (nSPS) is 22.5. The molecule has 1 saturated carbocycles. The molecule has 2 N–H and O–H groups in total. The Morgan fingerprint density at radius 1 is 1.32 bits per heavy atom. The molecule has 0 aliphatic heterocycles. The molecule has 2 unspecified atom stereocenters. The van der Waals surface area contributed by atoms with E-state index in [4.69, 9.17) is 4.74 Å². The van der Waals surface area contributed by atoms with Crippen molar-refractivity contribution in [1.82, 2.24) is 9.97 Å². The van der Waals surface area contributed by atoms with E-state index in [1.165, 1.54) is 19.3 Å². The summed E-state index contributed by atoms with van der Waals surface area (Å²) in [5, 5.41) is 6.49. The van der Waals surface area contributed by atoms with Crippen molar-refractivity contribution >= 4 is 11.6 Å². The van der Waals surface area contributed by atoms with E-state index >= 15 is 0 Å². The number of hydrogen-bond acceptors (Lipinski definition) is 5. The van der Waals surface area contributed by atoms with Crippen molar-refractivity contribution < 1.29 is 4.74 Å². The maximum Gasteiger partial charge on any atom is 0.158 e. The molecule has 19 heavy (non-hydrogen) atoms. The van der Waals surface area contributed by atoms with Crippen LogP contribution in [0.3, 0.4) is 0 Å². The number of aromatic nitrogens is 2. The number of hydrogen-bond donors (Lipinski definition) is 2. The van der Waals surface area contributed by atoms with Gasteiger partial charge in [-0.1, -0.05) is 13.3 Å². The maximum atomic E-state index is 5.09. The highest BCUT2D eigenvalue weighted by Gasteiger charge is 2.21. The van der Waals surface area contributed by atoms with Crippen LogP contribution in [0.1, 0.15) is 32.0 Å². The van der Waals surface area contributed by atoms with E-state index in [1.54, 1.807) is 7.11 Å². The quantitative estimate of drug-likeness (QED) is 0.826. The van der Waals surface area contributed by atoms with Gasteiger partial charge in [0.15, 0.2) is 5.82 Å². The lowest BCUT2D eigenvalue weighted by Gasteiger charge is -2.13. The first-order valence-corrected chi connectivity index (χ1v) is 6.99. The van der Waals surface area contributed by atoms with Gasteiger partial charge in [0.1, 0.15) is 18.2 Å². The summed E-state index contributed by atoms with van der Waals surface area (Å²) in [7, 11) is 3.52. The number of rotatable bonds is 6. The minimum Gasteiger partial charge on any atom is -0.377 e. The third kappa shape index (κ3) is 4.06. The van der Waals surface area contributed by atoms with Gasteiger partial charge in [0.25, 0.3) is 0 Å². The first-order valence-electron chi connectivity index (χ1n) is 6.99. The summed E-state index contributed by atoms with van der Waals surface area (Å²) in [5.74, 6) is 4.05. The SMILES string of the molecule is CNc1cc(NCC2CCC(C)C2)nc(COC)n1. The van der Waals surface area contributed by atoms with Gasteiger partial charge >= 0.3 is 0 Å². The van der Waals surface area contributed by atoms with Gasteiger partial charge < -0.3 is 15.4 Å². The fourth-order valence-electron chi connectivity index (χ4n) is 2.67. The summed E-state index contributed by atoms with van der Waals surface area (Å²) in [6.07, 6.45) is 4.00. The molecule has 2 rings (SSSR count). The van der Waals surface area contributed by atoms with Crippen LogP contribution in [0.2, 0.25) is 0 Å². The van der Waals surface area contributed by atoms with Crippen LogP contribution in [0, 0.1) is 11.8 Å². The molecule has 5 heteroatoms. The van der Waals surface area contributed by atoms with Crippen LogP contribution in [0.15, 0.2) is 6.07 Å². The standard InChI is InChI=1S/C14H24N4O/c1-10-4-5-11(6-10)8-16-13-7-12(15-2)17-14(18-13)9-19-3/h7,10-11H,4-6,8-9H2,1-3H3,(H2,15,16,17,18). The predicted molar refractivity (Wildman–Crippen MR) is 77.3 cm³/mol. The molecule has 0 saturated heterocycles. The second kappa shape index (κ2) is 6.70. The van der Waals surface area contributed by atoms with Crippen molar-refractivity contribution in [2.75, 3.05) is 31.3 Å². The van der Waals surface area contributed by atoms with Gasteiger partial charge in [0.05, 0.1) is 0 Å². The smallest absolute Gasteiger partial charge is 0.158 e. The van der Waals surface area contributed by atoms with Crippen LogP contribution in [0.25, 0.3) is 0 Å². The van der Waals surface area contributed by atoms with Crippen molar-refractivity contribution in [3.63, 3.8) is 0 Å². The fourth-order valence-corrected chi connectivity index (χ4v) is 2.67. The zero-order chi connectivity index (χ0) is 13.7. The monoisotopic (exact) mass is 264 g/mol. The van der Waals surface area contributed by atoms with Crippen LogP contribution >= 0.6 is 0 Å². The summed E-state index contributed by atoms with van der Waals surface area (Å²) in [4.78, 5) is 8.81. The molecule has 0 radical (unpaired) electrons. The summed E-state index contributed by atoms with van der Waals surface area (Å²) in [5.41, 5.74) is 0. The molecule has 1 fully saturated rings. The lowest BCUT2D eigenvalue weighted by Crippen LogP contribution is -2.14. The minimum atomic E-state index is 0.435. The van der Waals surface area contributed by atoms with Gasteiger partial charge in [0.2, 0.25) is 0 Å². The molecule has 1 aliphatic rings. The largest absolute Gasteiger partial charge is 0.377 e. The van der Waals surface area contributed by atoms with E-state index in [0.29, 0.717) is 12.4 Å². The number of anilines is 2. The topological polar surface area (TPSA) is 59.1 Å². The average molecular weight is 264 g/mol. The summed E-state index contributed by atoms with van der Waals surface area (Å²) in [6.45, 7) is 3.77. The fraction of sp³-hybridized carbons (Fsp3) is 0.714. The van der Waals surface area contributed by atoms with Gasteiger partial charge in [-0.15, -0.1) is 0 Å². The Labute approximate surface area is 115 Å². The van der Waals surface area contributed by atoms with E-state index in [1.807, 2.05) is 13.1 Å². The van der Waals surface area contributed by atoms with Gasteiger partial charge in [-0.3, -0.25) is 0 Å². The Morgan fingerprint density at radius 2 is 2.11 bits per heavy atom. The van der Waals surface area contributed by atoms with E-state index < -0.39 is 0 Å².